The van der Waals surface area contributed by atoms with E-state index in [1.807, 2.05) is 13.8 Å². The van der Waals surface area contributed by atoms with E-state index in [-0.39, 0.29) is 10.7 Å². The Hall–Kier alpha value is -3.04. The Morgan fingerprint density at radius 1 is 1.19 bits per heavy atom. The van der Waals surface area contributed by atoms with Gasteiger partial charge in [0.05, 0.1) is 17.2 Å². The topological polar surface area (TPSA) is 84.3 Å². The number of carboxylic acids is 1. The van der Waals surface area contributed by atoms with Crippen LogP contribution in [0.2, 0.25) is 0 Å². The molecule has 0 fully saturated rings. The molecule has 0 spiro atoms. The number of aromatic carboxylic acids is 1. The number of carboxylic acid groups (broad SMARTS) is 1. The van der Waals surface area contributed by atoms with Gasteiger partial charge in [-0.25, -0.2) is 19.2 Å². The Balaban J connectivity index is 1.51. The van der Waals surface area contributed by atoms with Crippen molar-refractivity contribution in [2.75, 3.05) is 18.5 Å². The SMILES string of the molecule is CCOc1cc(-c2cc(NCCc3c(C)sc4c(C)cc(F)cc34)ncn2)sc1C(=O)O. The molecule has 9 heteroatoms. The normalized spacial score (nSPS) is 11.1. The van der Waals surface area contributed by atoms with Gasteiger partial charge in [-0.1, -0.05) is 0 Å². The zero-order valence-electron chi connectivity index (χ0n) is 17.9. The fourth-order valence-electron chi connectivity index (χ4n) is 3.62. The van der Waals surface area contributed by atoms with Crippen LogP contribution < -0.4 is 10.1 Å². The highest BCUT2D eigenvalue weighted by molar-refractivity contribution is 7.19. The number of benzene rings is 1. The highest BCUT2D eigenvalue weighted by Gasteiger charge is 2.18. The van der Waals surface area contributed by atoms with E-state index in [0.29, 0.717) is 35.3 Å². The molecule has 1 aromatic carbocycles. The summed E-state index contributed by atoms with van der Waals surface area (Å²) in [5.74, 6) is -0.263. The number of ether oxygens (including phenoxy) is 1. The Bertz CT molecular complexity index is 1300. The third kappa shape index (κ3) is 4.44. The Kier molecular flexibility index (Phi) is 6.38. The number of carbonyl (C=O) groups is 1. The molecule has 0 atom stereocenters. The van der Waals surface area contributed by atoms with Crippen LogP contribution in [0.5, 0.6) is 5.75 Å². The molecule has 0 unspecified atom stereocenters. The molecular formula is C23H22FN3O3S2. The average molecular weight is 472 g/mol. The van der Waals surface area contributed by atoms with E-state index in [1.54, 1.807) is 35.6 Å². The molecule has 0 saturated heterocycles. The number of halogens is 1. The quantitative estimate of drug-likeness (QED) is 0.331. The van der Waals surface area contributed by atoms with Gasteiger partial charge < -0.3 is 15.2 Å². The summed E-state index contributed by atoms with van der Waals surface area (Å²) < 4.78 is 20.5. The number of hydrogen-bond donors (Lipinski definition) is 2. The third-order valence-corrected chi connectivity index (χ3v) is 7.46. The van der Waals surface area contributed by atoms with Crippen LogP contribution in [-0.2, 0) is 6.42 Å². The number of fused-ring (bicyclic) bond motifs is 1. The van der Waals surface area contributed by atoms with Gasteiger partial charge in [0.2, 0.25) is 0 Å². The van der Waals surface area contributed by atoms with Crippen LogP contribution in [0.4, 0.5) is 10.2 Å². The number of nitrogens with zero attached hydrogens (tertiary/aromatic N) is 2. The monoisotopic (exact) mass is 471 g/mol. The van der Waals surface area contributed by atoms with Gasteiger partial charge >= 0.3 is 5.97 Å². The van der Waals surface area contributed by atoms with E-state index in [4.69, 9.17) is 4.74 Å². The van der Waals surface area contributed by atoms with Gasteiger partial charge in [0.15, 0.2) is 4.88 Å². The van der Waals surface area contributed by atoms with E-state index >= 15 is 0 Å². The summed E-state index contributed by atoms with van der Waals surface area (Å²) in [6.45, 7) is 6.81. The molecule has 3 heterocycles. The summed E-state index contributed by atoms with van der Waals surface area (Å²) in [7, 11) is 0. The molecule has 166 valence electrons. The molecule has 6 nitrogen and oxygen atoms in total. The fourth-order valence-corrected chi connectivity index (χ4v) is 5.68. The molecule has 0 aliphatic heterocycles. The molecule has 0 aliphatic carbocycles. The van der Waals surface area contributed by atoms with Crippen LogP contribution in [0.3, 0.4) is 0 Å². The summed E-state index contributed by atoms with van der Waals surface area (Å²) in [6, 6.07) is 6.66. The third-order valence-electron chi connectivity index (χ3n) is 5.04. The maximum atomic E-state index is 13.9. The first kappa shape index (κ1) is 22.2. The molecule has 0 amide bonds. The summed E-state index contributed by atoms with van der Waals surface area (Å²) in [6.07, 6.45) is 2.17. The average Bonchev–Trinajstić information content (AvgIpc) is 3.31. The van der Waals surface area contributed by atoms with Gasteiger partial charge in [0.25, 0.3) is 0 Å². The lowest BCUT2D eigenvalue weighted by Gasteiger charge is -2.07. The van der Waals surface area contributed by atoms with Crippen molar-refractivity contribution in [1.82, 2.24) is 9.97 Å². The summed E-state index contributed by atoms with van der Waals surface area (Å²) in [4.78, 5) is 22.1. The van der Waals surface area contributed by atoms with Crippen molar-refractivity contribution in [1.29, 1.82) is 0 Å². The Morgan fingerprint density at radius 3 is 2.75 bits per heavy atom. The predicted octanol–water partition coefficient (Wildman–Crippen LogP) is 5.93. The van der Waals surface area contributed by atoms with Crippen molar-refractivity contribution < 1.29 is 19.0 Å². The van der Waals surface area contributed by atoms with Crippen molar-refractivity contribution in [2.45, 2.75) is 27.2 Å². The van der Waals surface area contributed by atoms with Crippen LogP contribution in [0, 0.1) is 19.7 Å². The molecular weight excluding hydrogens is 449 g/mol. The summed E-state index contributed by atoms with van der Waals surface area (Å²) in [5, 5.41) is 13.7. The van der Waals surface area contributed by atoms with Gasteiger partial charge in [0, 0.05) is 28.3 Å². The molecule has 0 radical (unpaired) electrons. The molecule has 32 heavy (non-hydrogen) atoms. The van der Waals surface area contributed by atoms with Gasteiger partial charge in [-0.05, 0) is 55.8 Å². The highest BCUT2D eigenvalue weighted by Crippen LogP contribution is 2.36. The van der Waals surface area contributed by atoms with Crippen LogP contribution in [0.25, 0.3) is 20.7 Å². The summed E-state index contributed by atoms with van der Waals surface area (Å²) >= 11 is 2.81. The number of aromatic nitrogens is 2. The van der Waals surface area contributed by atoms with Gasteiger partial charge in [-0.2, -0.15) is 0 Å². The molecule has 0 aliphatic rings. The Labute approximate surface area is 192 Å². The zero-order valence-corrected chi connectivity index (χ0v) is 19.5. The van der Waals surface area contributed by atoms with E-state index < -0.39 is 5.97 Å². The fraction of sp³-hybridized carbons (Fsp3) is 0.261. The second-order valence-corrected chi connectivity index (χ2v) is 9.52. The van der Waals surface area contributed by atoms with Gasteiger partial charge in [0.1, 0.15) is 23.7 Å². The number of nitrogens with one attached hydrogen (secondary N) is 1. The largest absolute Gasteiger partial charge is 0.492 e. The minimum Gasteiger partial charge on any atom is -0.492 e. The first-order valence-corrected chi connectivity index (χ1v) is 11.7. The number of aryl methyl sites for hydroxylation is 2. The zero-order chi connectivity index (χ0) is 22.8. The lowest BCUT2D eigenvalue weighted by molar-refractivity contribution is 0.0698. The standard InChI is InChI=1S/C23H22FN3O3S2/c1-4-30-18-10-19(32-22(18)23(28)29)17-9-20(27-11-26-17)25-6-5-15-13(3)31-21-12(2)7-14(24)8-16(15)21/h7-11H,4-6H2,1-3H3,(H,28,29)(H,25,26,27). The maximum Gasteiger partial charge on any atom is 0.349 e. The first-order chi connectivity index (χ1) is 15.4. The molecule has 4 rings (SSSR count). The molecule has 0 saturated carbocycles. The smallest absolute Gasteiger partial charge is 0.349 e. The van der Waals surface area contributed by atoms with E-state index in [2.05, 4.69) is 22.2 Å². The second kappa shape index (κ2) is 9.22. The summed E-state index contributed by atoms with van der Waals surface area (Å²) in [5.41, 5.74) is 2.71. The highest BCUT2D eigenvalue weighted by atomic mass is 32.1. The lowest BCUT2D eigenvalue weighted by atomic mass is 10.1. The van der Waals surface area contributed by atoms with Crippen molar-refractivity contribution in [3.63, 3.8) is 0 Å². The number of hydrogen-bond acceptors (Lipinski definition) is 7. The number of thiophene rings is 2. The van der Waals surface area contributed by atoms with Crippen molar-refractivity contribution in [3.8, 4) is 16.3 Å². The van der Waals surface area contributed by atoms with E-state index in [1.165, 1.54) is 11.2 Å². The van der Waals surface area contributed by atoms with Crippen LogP contribution in [0.1, 0.15) is 32.6 Å². The van der Waals surface area contributed by atoms with Gasteiger partial charge in [-0.3, -0.25) is 0 Å². The predicted molar refractivity (Wildman–Crippen MR) is 127 cm³/mol. The number of rotatable bonds is 8. The van der Waals surface area contributed by atoms with Crippen molar-refractivity contribution in [2.24, 2.45) is 0 Å². The van der Waals surface area contributed by atoms with Crippen molar-refractivity contribution >= 4 is 44.5 Å². The minimum absolute atomic E-state index is 0.150. The maximum absolute atomic E-state index is 13.9. The lowest BCUT2D eigenvalue weighted by Crippen LogP contribution is -2.07. The van der Waals surface area contributed by atoms with Crippen LogP contribution >= 0.6 is 22.7 Å². The molecule has 0 bridgehead atoms. The number of anilines is 1. The Morgan fingerprint density at radius 2 is 2.00 bits per heavy atom. The van der Waals surface area contributed by atoms with E-state index in [9.17, 15) is 14.3 Å². The van der Waals surface area contributed by atoms with Crippen LogP contribution in [0.15, 0.2) is 30.6 Å². The van der Waals surface area contributed by atoms with Crippen LogP contribution in [-0.4, -0.2) is 34.2 Å². The van der Waals surface area contributed by atoms with E-state index in [0.717, 1.165) is 39.0 Å². The first-order valence-electron chi connectivity index (χ1n) is 10.1. The minimum atomic E-state index is -1.03. The second-order valence-electron chi connectivity index (χ2n) is 7.24. The molecule has 4 aromatic rings. The molecule has 2 N–H and O–H groups in total. The van der Waals surface area contributed by atoms with Crippen molar-refractivity contribution in [3.05, 3.63) is 57.3 Å². The van der Waals surface area contributed by atoms with Gasteiger partial charge in [-0.15, -0.1) is 22.7 Å². The molecule has 3 aromatic heterocycles.